The molecule has 0 radical (unpaired) electrons. The molecule has 1 amide bonds. The number of piperidine rings is 1. The van der Waals surface area contributed by atoms with Gasteiger partial charge in [-0.3, -0.25) is 14.9 Å². The van der Waals surface area contributed by atoms with E-state index < -0.39 is 4.92 Å². The normalized spacial score (nSPS) is 19.2. The second-order valence-corrected chi connectivity index (χ2v) is 4.46. The second-order valence-electron chi connectivity index (χ2n) is 4.46. The minimum atomic E-state index is -0.392. The predicted molar refractivity (Wildman–Crippen MR) is 67.5 cm³/mol. The Balaban J connectivity index is 2.13. The summed E-state index contributed by atoms with van der Waals surface area (Å²) in [7, 11) is 0. The van der Waals surface area contributed by atoms with E-state index in [2.05, 4.69) is 10.6 Å². The Hall–Kier alpha value is -2.11. The zero-order valence-corrected chi connectivity index (χ0v) is 10.1. The number of aryl methyl sites for hydroxylation is 1. The maximum atomic E-state index is 11.0. The Bertz CT molecular complexity index is 477. The molecule has 1 aliphatic heterocycles. The maximum absolute atomic E-state index is 11.0. The molecule has 1 fully saturated rings. The highest BCUT2D eigenvalue weighted by molar-refractivity contribution is 5.77. The monoisotopic (exact) mass is 249 g/mol. The first-order chi connectivity index (χ1) is 8.56. The highest BCUT2D eigenvalue weighted by Gasteiger charge is 2.21. The van der Waals surface area contributed by atoms with Crippen molar-refractivity contribution in [1.82, 2.24) is 5.32 Å². The van der Waals surface area contributed by atoms with Crippen LogP contribution in [0.3, 0.4) is 0 Å². The molecule has 1 heterocycles. The van der Waals surface area contributed by atoms with Gasteiger partial charge in [-0.25, -0.2) is 0 Å². The zero-order chi connectivity index (χ0) is 13.1. The van der Waals surface area contributed by atoms with E-state index in [9.17, 15) is 14.9 Å². The molecule has 0 bridgehead atoms. The number of nitrogens with one attached hydrogen (secondary N) is 2. The molecule has 1 unspecified atom stereocenters. The van der Waals surface area contributed by atoms with Crippen LogP contribution < -0.4 is 10.6 Å². The summed E-state index contributed by atoms with van der Waals surface area (Å²) < 4.78 is 0. The Kier molecular flexibility index (Phi) is 3.45. The Labute approximate surface area is 105 Å². The summed E-state index contributed by atoms with van der Waals surface area (Å²) in [6.45, 7) is 2.32. The molecule has 6 heteroatoms. The fourth-order valence-corrected chi connectivity index (χ4v) is 1.99. The van der Waals surface area contributed by atoms with Crippen LogP contribution in [-0.2, 0) is 4.79 Å². The van der Waals surface area contributed by atoms with E-state index in [1.54, 1.807) is 12.1 Å². The van der Waals surface area contributed by atoms with Crippen LogP contribution in [0.4, 0.5) is 11.4 Å². The van der Waals surface area contributed by atoms with Crippen LogP contribution >= 0.6 is 0 Å². The Morgan fingerprint density at radius 1 is 1.50 bits per heavy atom. The lowest BCUT2D eigenvalue weighted by Gasteiger charge is -2.24. The standard InChI is InChI=1S/C12H15N3O3/c1-8-2-4-10(11(6-8)15(17)18)14-9-3-5-12(16)13-7-9/h2,4,6,9,14H,3,5,7H2,1H3,(H,13,16). The van der Waals surface area contributed by atoms with Gasteiger partial charge in [-0.05, 0) is 25.0 Å². The zero-order valence-electron chi connectivity index (χ0n) is 10.1. The van der Waals surface area contributed by atoms with E-state index in [0.717, 1.165) is 5.56 Å². The highest BCUT2D eigenvalue weighted by Crippen LogP contribution is 2.26. The molecule has 0 spiro atoms. The summed E-state index contributed by atoms with van der Waals surface area (Å²) in [6.07, 6.45) is 1.15. The predicted octanol–water partition coefficient (Wildman–Crippen LogP) is 1.59. The summed E-state index contributed by atoms with van der Waals surface area (Å²) in [5.74, 6) is 0.0338. The molecule has 18 heavy (non-hydrogen) atoms. The molecule has 1 saturated heterocycles. The summed E-state index contributed by atoms with van der Waals surface area (Å²) >= 11 is 0. The molecule has 1 aliphatic rings. The van der Waals surface area contributed by atoms with Gasteiger partial charge in [0.1, 0.15) is 5.69 Å². The van der Waals surface area contributed by atoms with Crippen LogP contribution in [0.15, 0.2) is 18.2 Å². The smallest absolute Gasteiger partial charge is 0.292 e. The molecule has 96 valence electrons. The van der Waals surface area contributed by atoms with Gasteiger partial charge in [0.05, 0.1) is 4.92 Å². The van der Waals surface area contributed by atoms with Crippen LogP contribution in [0.2, 0.25) is 0 Å². The van der Waals surface area contributed by atoms with Crippen molar-refractivity contribution in [2.75, 3.05) is 11.9 Å². The van der Waals surface area contributed by atoms with E-state index in [1.807, 2.05) is 13.0 Å². The molecule has 1 atom stereocenters. The van der Waals surface area contributed by atoms with E-state index in [4.69, 9.17) is 0 Å². The van der Waals surface area contributed by atoms with Gasteiger partial charge in [-0.2, -0.15) is 0 Å². The van der Waals surface area contributed by atoms with Crippen LogP contribution in [0.1, 0.15) is 18.4 Å². The number of carbonyl (C=O) groups excluding carboxylic acids is 1. The molecule has 0 aromatic heterocycles. The summed E-state index contributed by atoms with van der Waals surface area (Å²) in [6, 6.07) is 5.13. The first-order valence-corrected chi connectivity index (χ1v) is 5.84. The van der Waals surface area contributed by atoms with Crippen molar-refractivity contribution in [1.29, 1.82) is 0 Å². The fraction of sp³-hybridized carbons (Fsp3) is 0.417. The molecule has 0 saturated carbocycles. The number of nitro groups is 1. The number of hydrogen-bond donors (Lipinski definition) is 2. The van der Waals surface area contributed by atoms with Crippen molar-refractivity contribution in [3.63, 3.8) is 0 Å². The third-order valence-corrected chi connectivity index (χ3v) is 2.98. The van der Waals surface area contributed by atoms with E-state index >= 15 is 0 Å². The van der Waals surface area contributed by atoms with Gasteiger partial charge in [0.15, 0.2) is 0 Å². The van der Waals surface area contributed by atoms with Crippen LogP contribution in [0, 0.1) is 17.0 Å². The molecular formula is C12H15N3O3. The molecule has 0 aliphatic carbocycles. The van der Waals surface area contributed by atoms with Crippen molar-refractivity contribution in [3.8, 4) is 0 Å². The van der Waals surface area contributed by atoms with Gasteiger partial charge in [-0.1, -0.05) is 6.07 Å². The van der Waals surface area contributed by atoms with Gasteiger partial charge in [0.2, 0.25) is 5.91 Å². The lowest BCUT2D eigenvalue weighted by molar-refractivity contribution is -0.384. The molecule has 2 rings (SSSR count). The first kappa shape index (κ1) is 12.3. The van der Waals surface area contributed by atoms with Gasteiger partial charge in [0.25, 0.3) is 5.69 Å². The van der Waals surface area contributed by atoms with Crippen molar-refractivity contribution < 1.29 is 9.72 Å². The van der Waals surface area contributed by atoms with Gasteiger partial charge >= 0.3 is 0 Å². The van der Waals surface area contributed by atoms with Crippen LogP contribution in [0.5, 0.6) is 0 Å². The van der Waals surface area contributed by atoms with Crippen LogP contribution in [0.25, 0.3) is 0 Å². The van der Waals surface area contributed by atoms with Crippen molar-refractivity contribution in [2.45, 2.75) is 25.8 Å². The molecular weight excluding hydrogens is 234 g/mol. The Morgan fingerprint density at radius 3 is 2.89 bits per heavy atom. The van der Waals surface area contributed by atoms with Crippen molar-refractivity contribution in [3.05, 3.63) is 33.9 Å². The number of benzene rings is 1. The lowest BCUT2D eigenvalue weighted by atomic mass is 10.1. The summed E-state index contributed by atoms with van der Waals surface area (Å²) in [5.41, 5.74) is 1.43. The number of carbonyl (C=O) groups is 1. The first-order valence-electron chi connectivity index (χ1n) is 5.84. The summed E-state index contributed by atoms with van der Waals surface area (Å²) in [4.78, 5) is 21.6. The molecule has 6 nitrogen and oxygen atoms in total. The topological polar surface area (TPSA) is 84.3 Å². The minimum absolute atomic E-state index is 0.0338. The largest absolute Gasteiger partial charge is 0.375 e. The lowest BCUT2D eigenvalue weighted by Crippen LogP contribution is -2.41. The quantitative estimate of drug-likeness (QED) is 0.629. The third-order valence-electron chi connectivity index (χ3n) is 2.98. The molecule has 2 N–H and O–H groups in total. The van der Waals surface area contributed by atoms with Crippen molar-refractivity contribution in [2.24, 2.45) is 0 Å². The van der Waals surface area contributed by atoms with Crippen LogP contribution in [-0.4, -0.2) is 23.4 Å². The van der Waals surface area contributed by atoms with E-state index in [1.165, 1.54) is 0 Å². The number of rotatable bonds is 3. The highest BCUT2D eigenvalue weighted by atomic mass is 16.6. The number of anilines is 1. The number of nitrogens with zero attached hydrogens (tertiary/aromatic N) is 1. The van der Waals surface area contributed by atoms with Gasteiger partial charge in [0, 0.05) is 25.1 Å². The average molecular weight is 249 g/mol. The fourth-order valence-electron chi connectivity index (χ4n) is 1.99. The Morgan fingerprint density at radius 2 is 2.28 bits per heavy atom. The van der Waals surface area contributed by atoms with E-state index in [0.29, 0.717) is 25.1 Å². The van der Waals surface area contributed by atoms with Crippen molar-refractivity contribution >= 4 is 17.3 Å². The van der Waals surface area contributed by atoms with Gasteiger partial charge < -0.3 is 10.6 Å². The maximum Gasteiger partial charge on any atom is 0.292 e. The van der Waals surface area contributed by atoms with E-state index in [-0.39, 0.29) is 17.6 Å². The SMILES string of the molecule is Cc1ccc(NC2CCC(=O)NC2)c([N+](=O)[O-])c1. The second kappa shape index (κ2) is 5.03. The van der Waals surface area contributed by atoms with Gasteiger partial charge in [-0.15, -0.1) is 0 Å². The number of hydrogen-bond acceptors (Lipinski definition) is 4. The molecule has 1 aromatic carbocycles. The average Bonchev–Trinajstić information content (AvgIpc) is 2.34. The minimum Gasteiger partial charge on any atom is -0.375 e. The number of amides is 1. The molecule has 1 aromatic rings. The number of nitro benzene ring substituents is 1. The summed E-state index contributed by atoms with van der Waals surface area (Å²) in [5, 5.41) is 16.8. The third kappa shape index (κ3) is 2.77.